The van der Waals surface area contributed by atoms with Gasteiger partial charge in [-0.2, -0.15) is 4.37 Å². The molecule has 0 amide bonds. The molecule has 0 aliphatic carbocycles. The number of nitrogens with zero attached hydrogens (tertiary/aromatic N) is 3. The first-order chi connectivity index (χ1) is 8.25. The van der Waals surface area contributed by atoms with Gasteiger partial charge in [-0.05, 0) is 31.4 Å². The van der Waals surface area contributed by atoms with Crippen molar-refractivity contribution in [3.05, 3.63) is 47.7 Å². The minimum absolute atomic E-state index is 0. The molecule has 0 unspecified atom stereocenters. The number of benzene rings is 1. The Bertz CT molecular complexity index is 672. The molecule has 2 aromatic heterocycles. The Hall–Kier alpha value is -1.39. The van der Waals surface area contributed by atoms with E-state index in [-0.39, 0.29) is 12.4 Å². The summed E-state index contributed by atoms with van der Waals surface area (Å²) < 4.78 is 7.93. The summed E-state index contributed by atoms with van der Waals surface area (Å²) in [6.07, 6.45) is 1.89. The molecule has 0 spiro atoms. The standard InChI is InChI=1S/C13H13N3S.ClH/c1-9-10(2)16(8-14-9)7-12-11-5-3-4-6-13(11)17-15-12;/h3-6,8H,7H2,1-2H3;1H. The molecule has 18 heavy (non-hydrogen) atoms. The van der Waals surface area contributed by atoms with Crippen LogP contribution in [0.2, 0.25) is 0 Å². The molecule has 1 aromatic carbocycles. The topological polar surface area (TPSA) is 30.7 Å². The maximum atomic E-state index is 4.53. The van der Waals surface area contributed by atoms with E-state index in [1.165, 1.54) is 15.8 Å². The second kappa shape index (κ2) is 5.08. The molecule has 0 bridgehead atoms. The van der Waals surface area contributed by atoms with E-state index >= 15 is 0 Å². The maximum Gasteiger partial charge on any atom is 0.0955 e. The number of halogens is 1. The third-order valence-electron chi connectivity index (χ3n) is 3.12. The van der Waals surface area contributed by atoms with Crippen molar-refractivity contribution < 1.29 is 0 Å². The van der Waals surface area contributed by atoms with Gasteiger partial charge < -0.3 is 4.57 Å². The monoisotopic (exact) mass is 279 g/mol. The molecule has 0 fully saturated rings. The average Bonchev–Trinajstić information content (AvgIpc) is 2.89. The number of aromatic nitrogens is 3. The number of aryl methyl sites for hydroxylation is 1. The van der Waals surface area contributed by atoms with Crippen LogP contribution in [0.15, 0.2) is 30.6 Å². The fourth-order valence-electron chi connectivity index (χ4n) is 1.92. The molecule has 0 saturated heterocycles. The quantitative estimate of drug-likeness (QED) is 0.718. The summed E-state index contributed by atoms with van der Waals surface area (Å²) in [5, 5.41) is 1.25. The van der Waals surface area contributed by atoms with E-state index < -0.39 is 0 Å². The van der Waals surface area contributed by atoms with Gasteiger partial charge in [-0.25, -0.2) is 4.98 Å². The molecule has 3 rings (SSSR count). The second-order valence-corrected chi connectivity index (χ2v) is 4.97. The fraction of sp³-hybridized carbons (Fsp3) is 0.231. The lowest BCUT2D eigenvalue weighted by Crippen LogP contribution is -2.01. The molecule has 3 nitrogen and oxygen atoms in total. The van der Waals surface area contributed by atoms with Crippen molar-refractivity contribution in [1.29, 1.82) is 0 Å². The Kier molecular flexibility index (Phi) is 3.68. The van der Waals surface area contributed by atoms with E-state index in [4.69, 9.17) is 0 Å². The summed E-state index contributed by atoms with van der Waals surface area (Å²) >= 11 is 1.56. The Morgan fingerprint density at radius 1 is 1.22 bits per heavy atom. The predicted octanol–water partition coefficient (Wildman–Crippen LogP) is 3.58. The summed E-state index contributed by atoms with van der Waals surface area (Å²) in [5.41, 5.74) is 3.43. The van der Waals surface area contributed by atoms with Gasteiger partial charge in [-0.15, -0.1) is 12.4 Å². The summed E-state index contributed by atoms with van der Waals surface area (Å²) in [7, 11) is 0. The van der Waals surface area contributed by atoms with Crippen molar-refractivity contribution in [2.24, 2.45) is 0 Å². The van der Waals surface area contributed by atoms with Gasteiger partial charge in [0.2, 0.25) is 0 Å². The normalized spacial score (nSPS) is 10.6. The molecule has 5 heteroatoms. The SMILES string of the molecule is Cc1ncn(Cc2nsc3ccccc23)c1C.Cl. The molecule has 0 aliphatic rings. The van der Waals surface area contributed by atoms with Gasteiger partial charge >= 0.3 is 0 Å². The first-order valence-corrected chi connectivity index (χ1v) is 6.34. The summed E-state index contributed by atoms with van der Waals surface area (Å²) in [4.78, 5) is 4.32. The Morgan fingerprint density at radius 2 is 2.00 bits per heavy atom. The zero-order valence-electron chi connectivity index (χ0n) is 10.3. The predicted molar refractivity (Wildman–Crippen MR) is 77.7 cm³/mol. The Balaban J connectivity index is 0.00000120. The van der Waals surface area contributed by atoms with Gasteiger partial charge in [0, 0.05) is 11.1 Å². The van der Waals surface area contributed by atoms with Crippen LogP contribution in [-0.4, -0.2) is 13.9 Å². The largest absolute Gasteiger partial charge is 0.329 e. The van der Waals surface area contributed by atoms with Gasteiger partial charge in [0.25, 0.3) is 0 Å². The number of fused-ring (bicyclic) bond motifs is 1. The Labute approximate surface area is 116 Å². The van der Waals surface area contributed by atoms with Crippen molar-refractivity contribution >= 4 is 34.0 Å². The average molecular weight is 280 g/mol. The smallest absolute Gasteiger partial charge is 0.0955 e. The van der Waals surface area contributed by atoms with Gasteiger partial charge in [-0.1, -0.05) is 18.2 Å². The van der Waals surface area contributed by atoms with E-state index in [9.17, 15) is 0 Å². The van der Waals surface area contributed by atoms with Gasteiger partial charge in [0.05, 0.1) is 29.0 Å². The first-order valence-electron chi connectivity index (χ1n) is 5.57. The van der Waals surface area contributed by atoms with E-state index in [1.807, 2.05) is 13.3 Å². The molecular weight excluding hydrogens is 266 g/mol. The highest BCUT2D eigenvalue weighted by Crippen LogP contribution is 2.23. The van der Waals surface area contributed by atoms with Crippen molar-refractivity contribution in [3.8, 4) is 0 Å². The number of hydrogen-bond donors (Lipinski definition) is 0. The van der Waals surface area contributed by atoms with Crippen LogP contribution in [0.1, 0.15) is 17.1 Å². The highest BCUT2D eigenvalue weighted by Gasteiger charge is 2.08. The van der Waals surface area contributed by atoms with Crippen LogP contribution in [0, 0.1) is 13.8 Å². The molecule has 0 saturated carbocycles. The van der Waals surface area contributed by atoms with Gasteiger partial charge in [0.1, 0.15) is 0 Å². The lowest BCUT2D eigenvalue weighted by atomic mass is 10.2. The van der Waals surface area contributed by atoms with Crippen molar-refractivity contribution in [3.63, 3.8) is 0 Å². The number of rotatable bonds is 2. The number of hydrogen-bond acceptors (Lipinski definition) is 3. The summed E-state index contributed by atoms with van der Waals surface area (Å²) in [6.45, 7) is 4.93. The van der Waals surface area contributed by atoms with E-state index in [1.54, 1.807) is 11.5 Å². The third-order valence-corrected chi connectivity index (χ3v) is 3.98. The van der Waals surface area contributed by atoms with Crippen LogP contribution in [0.5, 0.6) is 0 Å². The van der Waals surface area contributed by atoms with Crippen LogP contribution in [0.4, 0.5) is 0 Å². The molecule has 94 valence electrons. The Morgan fingerprint density at radius 3 is 2.72 bits per heavy atom. The van der Waals surface area contributed by atoms with Gasteiger partial charge in [-0.3, -0.25) is 0 Å². The van der Waals surface area contributed by atoms with E-state index in [2.05, 4.69) is 45.1 Å². The molecule has 0 aliphatic heterocycles. The third kappa shape index (κ3) is 2.13. The van der Waals surface area contributed by atoms with E-state index in [0.29, 0.717) is 0 Å². The molecular formula is C13H14ClN3S. The lowest BCUT2D eigenvalue weighted by molar-refractivity contribution is 0.761. The van der Waals surface area contributed by atoms with Crippen molar-refractivity contribution in [2.45, 2.75) is 20.4 Å². The van der Waals surface area contributed by atoms with Crippen LogP contribution in [0.25, 0.3) is 10.1 Å². The van der Waals surface area contributed by atoms with Crippen LogP contribution >= 0.6 is 23.9 Å². The molecule has 0 N–H and O–H groups in total. The number of imidazole rings is 1. The van der Waals surface area contributed by atoms with Gasteiger partial charge in [0.15, 0.2) is 0 Å². The van der Waals surface area contributed by atoms with Crippen LogP contribution < -0.4 is 0 Å². The highest BCUT2D eigenvalue weighted by molar-refractivity contribution is 7.13. The summed E-state index contributed by atoms with van der Waals surface area (Å²) in [5.74, 6) is 0. The lowest BCUT2D eigenvalue weighted by Gasteiger charge is -2.03. The van der Waals surface area contributed by atoms with Crippen LogP contribution in [0.3, 0.4) is 0 Å². The minimum atomic E-state index is 0. The molecule has 3 aromatic rings. The highest BCUT2D eigenvalue weighted by atomic mass is 35.5. The minimum Gasteiger partial charge on any atom is -0.329 e. The second-order valence-electron chi connectivity index (χ2n) is 4.17. The maximum absolute atomic E-state index is 4.53. The van der Waals surface area contributed by atoms with Crippen molar-refractivity contribution in [1.82, 2.24) is 13.9 Å². The molecule has 2 heterocycles. The first kappa shape index (κ1) is 13.1. The zero-order valence-corrected chi connectivity index (χ0v) is 11.9. The van der Waals surface area contributed by atoms with E-state index in [0.717, 1.165) is 17.9 Å². The van der Waals surface area contributed by atoms with Crippen molar-refractivity contribution in [2.75, 3.05) is 0 Å². The molecule has 0 radical (unpaired) electrons. The zero-order chi connectivity index (χ0) is 11.8. The fourth-order valence-corrected chi connectivity index (χ4v) is 2.71. The van der Waals surface area contributed by atoms with Crippen LogP contribution in [-0.2, 0) is 6.54 Å². The molecule has 0 atom stereocenters. The summed E-state index contributed by atoms with van der Waals surface area (Å²) in [6, 6.07) is 8.36.